The fourth-order valence-electron chi connectivity index (χ4n) is 4.64. The Hall–Kier alpha value is -1.72. The van der Waals surface area contributed by atoms with Crippen molar-refractivity contribution in [2.75, 3.05) is 7.11 Å². The molecule has 0 amide bonds. The molecule has 1 fully saturated rings. The molecular formula is C18H26N4O. The first-order chi connectivity index (χ1) is 10.9. The van der Waals surface area contributed by atoms with Crippen LogP contribution in [-0.2, 0) is 11.3 Å². The third-order valence-electron chi connectivity index (χ3n) is 5.16. The zero-order valence-corrected chi connectivity index (χ0v) is 14.6. The van der Waals surface area contributed by atoms with E-state index in [1.807, 2.05) is 23.0 Å². The van der Waals surface area contributed by atoms with Gasteiger partial charge in [-0.05, 0) is 12.1 Å². The predicted molar refractivity (Wildman–Crippen MR) is 90.3 cm³/mol. The second-order valence-electron chi connectivity index (χ2n) is 7.51. The van der Waals surface area contributed by atoms with Crippen molar-refractivity contribution >= 4 is 0 Å². The Morgan fingerprint density at radius 1 is 1.17 bits per heavy atom. The molecule has 0 atom stereocenters. The van der Waals surface area contributed by atoms with Gasteiger partial charge in [0.25, 0.3) is 0 Å². The Morgan fingerprint density at radius 3 is 2.52 bits per heavy atom. The van der Waals surface area contributed by atoms with E-state index in [0.717, 1.165) is 17.9 Å². The molecule has 0 unspecified atom stereocenters. The van der Waals surface area contributed by atoms with Crippen LogP contribution in [0.2, 0.25) is 0 Å². The molecule has 3 rings (SSSR count). The molecule has 1 saturated carbocycles. The molecule has 0 spiro atoms. The van der Waals surface area contributed by atoms with Crippen molar-refractivity contribution in [3.05, 3.63) is 42.4 Å². The molecule has 2 aromatic heterocycles. The molecule has 23 heavy (non-hydrogen) atoms. The minimum Gasteiger partial charge on any atom is -0.380 e. The van der Waals surface area contributed by atoms with E-state index in [-0.39, 0.29) is 16.9 Å². The van der Waals surface area contributed by atoms with Crippen LogP contribution in [0.5, 0.6) is 0 Å². The first-order valence-electron chi connectivity index (χ1n) is 8.09. The Morgan fingerprint density at radius 2 is 1.91 bits per heavy atom. The molecule has 0 aromatic carbocycles. The molecule has 1 N–H and O–H groups in total. The largest absolute Gasteiger partial charge is 0.380 e. The summed E-state index contributed by atoms with van der Waals surface area (Å²) >= 11 is 0. The van der Waals surface area contributed by atoms with Gasteiger partial charge in [-0.3, -0.25) is 0 Å². The maximum atomic E-state index is 5.72. The molecule has 5 nitrogen and oxygen atoms in total. The van der Waals surface area contributed by atoms with Crippen molar-refractivity contribution in [1.29, 1.82) is 0 Å². The molecule has 0 radical (unpaired) electrons. The van der Waals surface area contributed by atoms with Crippen LogP contribution < -0.4 is 5.32 Å². The number of hydrogen-bond acceptors (Lipinski definition) is 4. The lowest BCUT2D eigenvalue weighted by molar-refractivity contribution is -0.199. The van der Waals surface area contributed by atoms with Gasteiger partial charge in [-0.2, -0.15) is 5.10 Å². The van der Waals surface area contributed by atoms with Crippen LogP contribution in [0.1, 0.15) is 33.3 Å². The summed E-state index contributed by atoms with van der Waals surface area (Å²) < 4.78 is 7.53. The number of ether oxygens (including phenoxy) is 1. The summed E-state index contributed by atoms with van der Waals surface area (Å²) in [6, 6.07) is 6.36. The van der Waals surface area contributed by atoms with Crippen LogP contribution in [0.25, 0.3) is 5.82 Å². The smallest absolute Gasteiger partial charge is 0.157 e. The highest BCUT2D eigenvalue weighted by Gasteiger charge is 2.61. The number of hydrogen-bond donors (Lipinski definition) is 1. The van der Waals surface area contributed by atoms with Gasteiger partial charge >= 0.3 is 0 Å². The SMILES string of the molecule is COC1C(C)(C)C(NCc2cccnc2-n2cccn2)C1(C)C. The van der Waals surface area contributed by atoms with Crippen LogP contribution in [-0.4, -0.2) is 34.0 Å². The van der Waals surface area contributed by atoms with Gasteiger partial charge in [-0.25, -0.2) is 9.67 Å². The minimum atomic E-state index is 0.103. The van der Waals surface area contributed by atoms with Gasteiger partial charge in [0.1, 0.15) is 0 Å². The van der Waals surface area contributed by atoms with Crippen LogP contribution in [0, 0.1) is 10.8 Å². The molecule has 124 valence electrons. The fourth-order valence-corrected chi connectivity index (χ4v) is 4.64. The Labute approximate surface area is 138 Å². The summed E-state index contributed by atoms with van der Waals surface area (Å²) in [5.41, 5.74) is 1.35. The summed E-state index contributed by atoms with van der Waals surface area (Å²) in [6.45, 7) is 9.82. The van der Waals surface area contributed by atoms with E-state index in [0.29, 0.717) is 6.04 Å². The van der Waals surface area contributed by atoms with Gasteiger partial charge < -0.3 is 10.1 Å². The highest BCUT2D eigenvalue weighted by atomic mass is 16.5. The number of nitrogens with zero attached hydrogens (tertiary/aromatic N) is 3. The average Bonchev–Trinajstić information content (AvgIpc) is 3.01. The van der Waals surface area contributed by atoms with E-state index in [1.165, 1.54) is 0 Å². The van der Waals surface area contributed by atoms with E-state index >= 15 is 0 Å². The number of rotatable bonds is 5. The molecule has 1 aliphatic carbocycles. The highest BCUT2D eigenvalue weighted by molar-refractivity contribution is 5.33. The maximum absolute atomic E-state index is 5.72. The van der Waals surface area contributed by atoms with E-state index in [2.05, 4.69) is 49.2 Å². The number of methoxy groups -OCH3 is 1. The van der Waals surface area contributed by atoms with Gasteiger partial charge in [0.2, 0.25) is 0 Å². The molecule has 0 saturated heterocycles. The second kappa shape index (κ2) is 5.73. The van der Waals surface area contributed by atoms with E-state index < -0.39 is 0 Å². The van der Waals surface area contributed by atoms with E-state index in [1.54, 1.807) is 19.5 Å². The minimum absolute atomic E-state index is 0.103. The van der Waals surface area contributed by atoms with Crippen LogP contribution >= 0.6 is 0 Å². The fraction of sp³-hybridized carbons (Fsp3) is 0.556. The first-order valence-corrected chi connectivity index (χ1v) is 8.09. The Balaban J connectivity index is 1.78. The third-order valence-corrected chi connectivity index (χ3v) is 5.16. The van der Waals surface area contributed by atoms with Gasteiger partial charge in [0.05, 0.1) is 6.10 Å². The lowest BCUT2D eigenvalue weighted by atomic mass is 9.49. The van der Waals surface area contributed by atoms with Gasteiger partial charge in [-0.15, -0.1) is 0 Å². The summed E-state index contributed by atoms with van der Waals surface area (Å²) in [7, 11) is 1.81. The van der Waals surface area contributed by atoms with Crippen LogP contribution in [0.4, 0.5) is 0 Å². The summed E-state index contributed by atoms with van der Waals surface area (Å²) in [6.07, 6.45) is 5.75. The topological polar surface area (TPSA) is 52.0 Å². The maximum Gasteiger partial charge on any atom is 0.157 e. The van der Waals surface area contributed by atoms with Gasteiger partial charge in [0, 0.05) is 54.7 Å². The van der Waals surface area contributed by atoms with Gasteiger partial charge in [0.15, 0.2) is 5.82 Å². The van der Waals surface area contributed by atoms with E-state index in [9.17, 15) is 0 Å². The van der Waals surface area contributed by atoms with Crippen molar-refractivity contribution in [2.45, 2.75) is 46.4 Å². The number of aromatic nitrogens is 3. The quantitative estimate of drug-likeness (QED) is 0.922. The highest BCUT2D eigenvalue weighted by Crippen LogP contribution is 2.55. The van der Waals surface area contributed by atoms with Crippen molar-refractivity contribution in [3.63, 3.8) is 0 Å². The van der Waals surface area contributed by atoms with Gasteiger partial charge in [-0.1, -0.05) is 33.8 Å². The Bertz CT molecular complexity index is 647. The summed E-state index contributed by atoms with van der Waals surface area (Å²) in [4.78, 5) is 4.48. The normalized spacial score (nSPS) is 25.1. The molecular weight excluding hydrogens is 288 g/mol. The third kappa shape index (κ3) is 2.58. The second-order valence-corrected chi connectivity index (χ2v) is 7.51. The Kier molecular flexibility index (Phi) is 4.02. The van der Waals surface area contributed by atoms with Crippen LogP contribution in [0.3, 0.4) is 0 Å². The lowest BCUT2D eigenvalue weighted by Crippen LogP contribution is -2.72. The van der Waals surface area contributed by atoms with Crippen molar-refractivity contribution in [3.8, 4) is 5.82 Å². The predicted octanol–water partition coefficient (Wildman–Crippen LogP) is 2.81. The number of pyridine rings is 1. The van der Waals surface area contributed by atoms with Crippen molar-refractivity contribution in [1.82, 2.24) is 20.1 Å². The molecule has 0 bridgehead atoms. The molecule has 5 heteroatoms. The standard InChI is InChI=1S/C18H26N4O/c1-17(2)15(18(3,4)16(17)23-5)20-12-13-8-6-9-19-14(13)22-11-7-10-21-22/h6-11,15-16,20H,12H2,1-5H3. The first kappa shape index (κ1) is 16.1. The summed E-state index contributed by atoms with van der Waals surface area (Å²) in [5.74, 6) is 0.878. The average molecular weight is 314 g/mol. The molecule has 2 aromatic rings. The molecule has 0 aliphatic heterocycles. The molecule has 1 aliphatic rings. The van der Waals surface area contributed by atoms with E-state index in [4.69, 9.17) is 4.74 Å². The van der Waals surface area contributed by atoms with Crippen molar-refractivity contribution in [2.24, 2.45) is 10.8 Å². The van der Waals surface area contributed by atoms with Crippen LogP contribution in [0.15, 0.2) is 36.8 Å². The monoisotopic (exact) mass is 314 g/mol. The summed E-state index contributed by atoms with van der Waals surface area (Å²) in [5, 5.41) is 8.02. The zero-order valence-electron chi connectivity index (χ0n) is 14.6. The van der Waals surface area contributed by atoms with Crippen molar-refractivity contribution < 1.29 is 4.74 Å². The zero-order chi connectivity index (χ0) is 16.7. The lowest BCUT2D eigenvalue weighted by Gasteiger charge is -2.63. The number of nitrogens with one attached hydrogen (secondary N) is 1. The molecule has 2 heterocycles.